The van der Waals surface area contributed by atoms with E-state index in [-0.39, 0.29) is 17.4 Å². The molecule has 31 heavy (non-hydrogen) atoms. The Balaban J connectivity index is 1.79. The Kier molecular flexibility index (Phi) is 5.48. The number of fused-ring (bicyclic) bond motifs is 1. The first-order chi connectivity index (χ1) is 14.5. The second-order valence-electron chi connectivity index (χ2n) is 7.77. The van der Waals surface area contributed by atoms with Gasteiger partial charge in [0.1, 0.15) is 5.82 Å². The Morgan fingerprint density at radius 1 is 1.19 bits per heavy atom. The minimum atomic E-state index is -4.43. The number of nitrogens with one attached hydrogen (secondary N) is 1. The number of halogens is 3. The van der Waals surface area contributed by atoms with Crippen LogP contribution in [-0.4, -0.2) is 36.2 Å². The number of rotatable bonds is 3. The average molecular weight is 453 g/mol. The third-order valence-corrected chi connectivity index (χ3v) is 7.35. The molecule has 0 bridgehead atoms. The van der Waals surface area contributed by atoms with E-state index < -0.39 is 22.3 Å². The molecular weight excluding hydrogens is 431 g/mol. The fourth-order valence-electron chi connectivity index (χ4n) is 3.88. The van der Waals surface area contributed by atoms with E-state index in [0.29, 0.717) is 46.3 Å². The molecular formula is C21H22F3N3O3S. The van der Waals surface area contributed by atoms with Gasteiger partial charge in [-0.05, 0) is 36.6 Å². The van der Waals surface area contributed by atoms with E-state index in [4.69, 9.17) is 0 Å². The van der Waals surface area contributed by atoms with Crippen LogP contribution in [-0.2, 0) is 13.2 Å². The smallest absolute Gasteiger partial charge is 0.365 e. The summed E-state index contributed by atoms with van der Waals surface area (Å²) >= 11 is 0. The molecule has 1 aliphatic rings. The highest BCUT2D eigenvalue weighted by Gasteiger charge is 2.30. The number of aromatic nitrogens is 2. The minimum Gasteiger partial charge on any atom is -0.365 e. The molecule has 2 aromatic heterocycles. The zero-order chi connectivity index (χ0) is 22.4. The van der Waals surface area contributed by atoms with Gasteiger partial charge in [0.05, 0.1) is 16.7 Å². The van der Waals surface area contributed by atoms with Gasteiger partial charge in [-0.3, -0.25) is 13.9 Å². The third-order valence-electron chi connectivity index (χ3n) is 5.47. The molecule has 3 heterocycles. The fraction of sp³-hybridized carbons (Fsp3) is 0.333. The first kappa shape index (κ1) is 21.7. The number of hydrogen-bond donors (Lipinski definition) is 3. The van der Waals surface area contributed by atoms with Crippen molar-refractivity contribution in [2.75, 3.05) is 16.8 Å². The maximum Gasteiger partial charge on any atom is 0.416 e. The highest BCUT2D eigenvalue weighted by atomic mass is 32.3. The summed E-state index contributed by atoms with van der Waals surface area (Å²) < 4.78 is 60.2. The summed E-state index contributed by atoms with van der Waals surface area (Å²) in [6.07, 6.45) is 0.0540. The predicted molar refractivity (Wildman–Crippen MR) is 117 cm³/mol. The lowest BCUT2D eigenvalue weighted by atomic mass is 10.00. The number of alkyl halides is 3. The largest absolute Gasteiger partial charge is 0.416 e. The van der Waals surface area contributed by atoms with Crippen molar-refractivity contribution in [1.29, 1.82) is 0 Å². The number of hydrogen-bond acceptors (Lipinski definition) is 5. The van der Waals surface area contributed by atoms with Gasteiger partial charge in [-0.25, -0.2) is 4.98 Å². The molecule has 0 aliphatic carbocycles. The van der Waals surface area contributed by atoms with Crippen molar-refractivity contribution >= 4 is 27.2 Å². The van der Waals surface area contributed by atoms with E-state index in [2.05, 4.69) is 10.3 Å². The summed E-state index contributed by atoms with van der Waals surface area (Å²) in [5, 5.41) is 4.05. The molecule has 10 heteroatoms. The normalized spacial score (nSPS) is 19.9. The van der Waals surface area contributed by atoms with Crippen molar-refractivity contribution in [3.63, 3.8) is 0 Å². The van der Waals surface area contributed by atoms with Gasteiger partial charge in [0.15, 0.2) is 0 Å². The van der Waals surface area contributed by atoms with Crippen molar-refractivity contribution in [3.8, 4) is 11.1 Å². The molecule has 3 N–H and O–H groups in total. The van der Waals surface area contributed by atoms with Crippen LogP contribution in [0.3, 0.4) is 0 Å². The monoisotopic (exact) mass is 453 g/mol. The molecule has 1 aromatic carbocycles. The molecule has 3 aromatic rings. The van der Waals surface area contributed by atoms with Crippen LogP contribution in [0.1, 0.15) is 18.4 Å². The van der Waals surface area contributed by atoms with Gasteiger partial charge in [-0.1, -0.05) is 12.1 Å². The van der Waals surface area contributed by atoms with E-state index in [1.807, 2.05) is 0 Å². The van der Waals surface area contributed by atoms with Crippen LogP contribution in [0.25, 0.3) is 21.9 Å². The average Bonchev–Trinajstić information content (AvgIpc) is 2.69. The summed E-state index contributed by atoms with van der Waals surface area (Å²) in [6, 6.07) is 6.21. The summed E-state index contributed by atoms with van der Waals surface area (Å²) in [4.78, 5) is 17.3. The lowest BCUT2D eigenvalue weighted by Crippen LogP contribution is -2.33. The Morgan fingerprint density at radius 2 is 1.90 bits per heavy atom. The number of benzene rings is 1. The fourth-order valence-corrected chi connectivity index (χ4v) is 5.57. The Hall–Kier alpha value is -2.56. The number of anilines is 1. The van der Waals surface area contributed by atoms with Crippen LogP contribution >= 0.6 is 10.6 Å². The van der Waals surface area contributed by atoms with Crippen molar-refractivity contribution in [2.24, 2.45) is 7.05 Å². The van der Waals surface area contributed by atoms with Gasteiger partial charge in [0, 0.05) is 42.2 Å². The van der Waals surface area contributed by atoms with Crippen LogP contribution in [0.15, 0.2) is 47.5 Å². The molecule has 166 valence electrons. The van der Waals surface area contributed by atoms with Gasteiger partial charge in [-0.15, -0.1) is 0 Å². The van der Waals surface area contributed by atoms with E-state index in [1.54, 1.807) is 19.3 Å². The third kappa shape index (κ3) is 4.41. The molecule has 0 amide bonds. The van der Waals surface area contributed by atoms with Crippen molar-refractivity contribution in [1.82, 2.24) is 9.55 Å². The van der Waals surface area contributed by atoms with Crippen molar-refractivity contribution in [2.45, 2.75) is 25.1 Å². The lowest BCUT2D eigenvalue weighted by molar-refractivity contribution is -0.137. The molecule has 1 aliphatic heterocycles. The van der Waals surface area contributed by atoms with Crippen molar-refractivity contribution < 1.29 is 22.3 Å². The van der Waals surface area contributed by atoms with Crippen LogP contribution in [0.2, 0.25) is 0 Å². The first-order valence-corrected chi connectivity index (χ1v) is 11.6. The highest BCUT2D eigenvalue weighted by Crippen LogP contribution is 2.44. The lowest BCUT2D eigenvalue weighted by Gasteiger charge is -2.40. The molecule has 1 fully saturated rings. The second-order valence-corrected chi connectivity index (χ2v) is 10.1. The second kappa shape index (κ2) is 7.85. The topological polar surface area (TPSA) is 87.4 Å². The van der Waals surface area contributed by atoms with Crippen molar-refractivity contribution in [3.05, 3.63) is 58.6 Å². The van der Waals surface area contributed by atoms with E-state index >= 15 is 0 Å². The Labute approximate surface area is 178 Å². The summed E-state index contributed by atoms with van der Waals surface area (Å²) in [6.45, 7) is 0. The standard InChI is InChI=1S/C21H22F3N3O3S/c1-27-9-8-16-17(13-4-6-14(7-5-13)21(22,23)24)11-25-19(18(16)20(27)28)26-15-3-2-10-31(29,30)12-15/h4-9,11,15,29-30H,2-3,10,12H2,1H3,(H,25,26). The van der Waals surface area contributed by atoms with E-state index in [0.717, 1.165) is 12.1 Å². The molecule has 1 atom stereocenters. The van der Waals surface area contributed by atoms with Crippen LogP contribution in [0.5, 0.6) is 0 Å². The Bertz CT molecular complexity index is 1180. The predicted octanol–water partition coefficient (Wildman–Crippen LogP) is 4.94. The minimum absolute atomic E-state index is 0.185. The van der Waals surface area contributed by atoms with Gasteiger partial charge in [-0.2, -0.15) is 23.8 Å². The number of pyridine rings is 2. The maximum absolute atomic E-state index is 12.9. The number of aryl methyl sites for hydroxylation is 1. The van der Waals surface area contributed by atoms with Gasteiger partial charge in [0.25, 0.3) is 5.56 Å². The SMILES string of the molecule is Cn1ccc2c(-c3ccc(C(F)(F)F)cc3)cnc(NC3CCCS(O)(O)C3)c2c1=O. The van der Waals surface area contributed by atoms with Crippen LogP contribution in [0, 0.1) is 0 Å². The van der Waals surface area contributed by atoms with Crippen LogP contribution in [0.4, 0.5) is 19.0 Å². The zero-order valence-corrected chi connectivity index (χ0v) is 17.5. The van der Waals surface area contributed by atoms with Gasteiger partial charge in [0.2, 0.25) is 0 Å². The summed E-state index contributed by atoms with van der Waals surface area (Å²) in [5.74, 6) is 0.881. The maximum atomic E-state index is 12.9. The quantitative estimate of drug-likeness (QED) is 0.523. The summed E-state index contributed by atoms with van der Waals surface area (Å²) in [5.41, 5.74) is -0.000244. The summed E-state index contributed by atoms with van der Waals surface area (Å²) in [7, 11) is -1.05. The molecule has 0 radical (unpaired) electrons. The van der Waals surface area contributed by atoms with Gasteiger partial charge < -0.3 is 9.88 Å². The van der Waals surface area contributed by atoms with Gasteiger partial charge >= 0.3 is 6.18 Å². The van der Waals surface area contributed by atoms with E-state index in [9.17, 15) is 27.1 Å². The molecule has 4 rings (SSSR count). The number of nitrogens with zero attached hydrogens (tertiary/aromatic N) is 2. The molecule has 0 spiro atoms. The highest BCUT2D eigenvalue weighted by molar-refractivity contribution is 8.24. The molecule has 6 nitrogen and oxygen atoms in total. The molecule has 0 saturated carbocycles. The Morgan fingerprint density at radius 3 is 2.55 bits per heavy atom. The molecule has 1 saturated heterocycles. The zero-order valence-electron chi connectivity index (χ0n) is 16.7. The molecule has 1 unspecified atom stereocenters. The first-order valence-electron chi connectivity index (χ1n) is 9.71. The van der Waals surface area contributed by atoms with Crippen LogP contribution < -0.4 is 10.9 Å². The van der Waals surface area contributed by atoms with E-state index in [1.165, 1.54) is 22.9 Å².